The van der Waals surface area contributed by atoms with Crippen LogP contribution in [0.5, 0.6) is 0 Å². The highest BCUT2D eigenvalue weighted by atomic mass is 16.1. The van der Waals surface area contributed by atoms with Crippen LogP contribution in [-0.4, -0.2) is 16.7 Å². The first-order valence-electron chi connectivity index (χ1n) is 8.78. The molecule has 0 radical (unpaired) electrons. The number of aliphatic imine (C=N–C) groups is 1. The zero-order valence-electron chi connectivity index (χ0n) is 15.3. The maximum Gasteiger partial charge on any atom is 0.247 e. The fourth-order valence-electron chi connectivity index (χ4n) is 2.67. The molecule has 2 aromatic rings. The van der Waals surface area contributed by atoms with Crippen molar-refractivity contribution in [3.63, 3.8) is 0 Å². The Balaban J connectivity index is 1.89. The van der Waals surface area contributed by atoms with Crippen molar-refractivity contribution in [1.82, 2.24) is 4.98 Å². The van der Waals surface area contributed by atoms with Crippen molar-refractivity contribution >= 4 is 23.2 Å². The Bertz CT molecular complexity index is 941. The van der Waals surface area contributed by atoms with E-state index in [1.165, 1.54) is 6.08 Å². The average Bonchev–Trinajstić information content (AvgIpc) is 3.46. The summed E-state index contributed by atoms with van der Waals surface area (Å²) in [5.41, 5.74) is 16.1. The third kappa shape index (κ3) is 5.04. The Morgan fingerprint density at radius 1 is 1.30 bits per heavy atom. The van der Waals surface area contributed by atoms with Crippen LogP contribution >= 0.6 is 0 Å². The Hall–Kier alpha value is -3.41. The minimum Gasteiger partial charge on any atom is -0.402 e. The lowest BCUT2D eigenvalue weighted by Crippen LogP contribution is -2.12. The lowest BCUT2D eigenvalue weighted by atomic mass is 10.1. The number of hydrogen-bond acceptors (Lipinski definition) is 4. The molecular weight excluding hydrogens is 338 g/mol. The van der Waals surface area contributed by atoms with Gasteiger partial charge >= 0.3 is 0 Å². The highest BCUT2D eigenvalue weighted by Gasteiger charge is 2.23. The van der Waals surface area contributed by atoms with E-state index < -0.39 is 0 Å². The molecule has 1 fully saturated rings. The summed E-state index contributed by atoms with van der Waals surface area (Å²) in [5.74, 6) is 1.04. The van der Waals surface area contributed by atoms with Crippen molar-refractivity contribution in [2.45, 2.75) is 19.8 Å². The number of carbonyl (C=O) groups excluding carboxylic acids is 1. The molecule has 1 heterocycles. The van der Waals surface area contributed by atoms with Gasteiger partial charge in [-0.05, 0) is 67.7 Å². The van der Waals surface area contributed by atoms with Gasteiger partial charge in [-0.15, -0.1) is 0 Å². The van der Waals surface area contributed by atoms with E-state index in [2.05, 4.69) is 21.9 Å². The molecule has 0 spiro atoms. The maximum atomic E-state index is 11.5. The molecule has 1 saturated carbocycles. The molecule has 1 aliphatic rings. The number of hydrogen-bond donors (Lipinski definition) is 3. The topological polar surface area (TPSA) is 106 Å². The van der Waals surface area contributed by atoms with Gasteiger partial charge < -0.3 is 16.8 Å². The second-order valence-corrected chi connectivity index (χ2v) is 6.62. The summed E-state index contributed by atoms with van der Waals surface area (Å²) < 4.78 is 0. The van der Waals surface area contributed by atoms with Gasteiger partial charge in [-0.25, -0.2) is 9.98 Å². The van der Waals surface area contributed by atoms with E-state index in [1.54, 1.807) is 6.08 Å². The average molecular weight is 361 g/mol. The highest BCUT2D eigenvalue weighted by molar-refractivity contribution is 5.99. The molecule has 1 aromatic carbocycles. The summed E-state index contributed by atoms with van der Waals surface area (Å²) >= 11 is 0. The number of amidine groups is 1. The molecule has 6 nitrogen and oxygen atoms in total. The second kappa shape index (κ2) is 7.86. The predicted molar refractivity (Wildman–Crippen MR) is 110 cm³/mol. The molecule has 5 N–H and O–H groups in total. The van der Waals surface area contributed by atoms with Gasteiger partial charge in [0.05, 0.1) is 5.69 Å². The molecule has 27 heavy (non-hydrogen) atoms. The molecule has 0 saturated heterocycles. The van der Waals surface area contributed by atoms with Crippen LogP contribution in [0.3, 0.4) is 0 Å². The summed E-state index contributed by atoms with van der Waals surface area (Å²) in [4.78, 5) is 20.5. The molecule has 138 valence electrons. The largest absolute Gasteiger partial charge is 0.402 e. The van der Waals surface area contributed by atoms with Crippen LogP contribution in [0.4, 0.5) is 11.5 Å². The highest BCUT2D eigenvalue weighted by Crippen LogP contribution is 2.33. The predicted octanol–water partition coefficient (Wildman–Crippen LogP) is 3.42. The van der Waals surface area contributed by atoms with Gasteiger partial charge in [0, 0.05) is 16.9 Å². The molecule has 0 atom stereocenters. The fourth-order valence-corrected chi connectivity index (χ4v) is 2.67. The Labute approximate surface area is 158 Å². The first-order valence-corrected chi connectivity index (χ1v) is 8.78. The monoisotopic (exact) mass is 361 g/mol. The third-order valence-corrected chi connectivity index (χ3v) is 4.17. The Morgan fingerprint density at radius 3 is 2.78 bits per heavy atom. The number of allylic oxidation sites excluding steroid dienone is 1. The van der Waals surface area contributed by atoms with Crippen LogP contribution in [0.2, 0.25) is 0 Å². The van der Waals surface area contributed by atoms with Crippen molar-refractivity contribution in [2.24, 2.45) is 22.4 Å². The fraction of sp³-hybridized carbons (Fsp3) is 0.190. The van der Waals surface area contributed by atoms with E-state index in [-0.39, 0.29) is 5.91 Å². The Morgan fingerprint density at radius 2 is 2.07 bits per heavy atom. The van der Waals surface area contributed by atoms with Crippen LogP contribution in [-0.2, 0) is 4.79 Å². The summed E-state index contributed by atoms with van der Waals surface area (Å²) in [6.07, 6.45) is 5.17. The number of nitrogens with zero attached hydrogens (tertiary/aromatic N) is 2. The van der Waals surface area contributed by atoms with E-state index in [0.717, 1.165) is 35.4 Å². The molecule has 3 rings (SSSR count). The van der Waals surface area contributed by atoms with Crippen LogP contribution < -0.4 is 16.8 Å². The molecule has 1 amide bonds. The minimum absolute atomic E-state index is 0.262. The van der Waals surface area contributed by atoms with Crippen LogP contribution in [0.15, 0.2) is 65.8 Å². The number of anilines is 1. The zero-order valence-corrected chi connectivity index (χ0v) is 15.3. The van der Waals surface area contributed by atoms with Crippen molar-refractivity contribution in [1.29, 1.82) is 0 Å². The Kier molecular flexibility index (Phi) is 5.35. The van der Waals surface area contributed by atoms with Gasteiger partial charge in [0.1, 0.15) is 5.84 Å². The van der Waals surface area contributed by atoms with Gasteiger partial charge in [0.15, 0.2) is 5.82 Å². The van der Waals surface area contributed by atoms with E-state index in [9.17, 15) is 4.79 Å². The smallest absolute Gasteiger partial charge is 0.247 e. The summed E-state index contributed by atoms with van der Waals surface area (Å²) in [7, 11) is 0. The number of nitrogens with one attached hydrogen (secondary N) is 1. The molecule has 1 aromatic heterocycles. The van der Waals surface area contributed by atoms with E-state index >= 15 is 0 Å². The van der Waals surface area contributed by atoms with Crippen molar-refractivity contribution < 1.29 is 4.79 Å². The second-order valence-electron chi connectivity index (χ2n) is 6.62. The molecule has 1 aliphatic carbocycles. The van der Waals surface area contributed by atoms with E-state index in [4.69, 9.17) is 11.5 Å². The van der Waals surface area contributed by atoms with Gasteiger partial charge in [0.2, 0.25) is 5.91 Å². The third-order valence-electron chi connectivity index (χ3n) is 4.17. The lowest BCUT2D eigenvalue weighted by molar-refractivity contribution is -0.111. The van der Waals surface area contributed by atoms with Crippen molar-refractivity contribution in [3.8, 4) is 11.3 Å². The SMILES string of the molecule is C=CC(=O)Nc1cccc(-c2cc(C)cc(N=C(N)/C=C(\N)C3CC3)n2)c1. The van der Waals surface area contributed by atoms with Gasteiger partial charge in [-0.1, -0.05) is 18.7 Å². The zero-order chi connectivity index (χ0) is 19.4. The summed E-state index contributed by atoms with van der Waals surface area (Å²) in [6, 6.07) is 11.3. The maximum absolute atomic E-state index is 11.5. The number of rotatable bonds is 6. The standard InChI is InChI=1S/C21H23N5O/c1-3-21(27)24-16-6-4-5-15(11-16)18-9-13(2)10-20(25-18)26-19(23)12-17(22)14-7-8-14/h3-6,9-12,14H,1,7-8,22H2,2H3,(H,24,27)(H2,23,25,26)/b17-12-. The number of aryl methyl sites for hydroxylation is 1. The van der Waals surface area contributed by atoms with Gasteiger partial charge in [-0.2, -0.15) is 0 Å². The first kappa shape index (κ1) is 18.4. The lowest BCUT2D eigenvalue weighted by Gasteiger charge is -2.08. The molecule has 0 aliphatic heterocycles. The number of nitrogens with two attached hydrogens (primary N) is 2. The van der Waals surface area contributed by atoms with Crippen molar-refractivity contribution in [3.05, 3.63) is 66.4 Å². The molecular formula is C21H23N5O. The number of benzene rings is 1. The normalized spacial score (nSPS) is 14.7. The van der Waals surface area contributed by atoms with E-state index in [0.29, 0.717) is 23.3 Å². The van der Waals surface area contributed by atoms with Gasteiger partial charge in [-0.3, -0.25) is 4.79 Å². The summed E-state index contributed by atoms with van der Waals surface area (Å²) in [6.45, 7) is 5.43. The summed E-state index contributed by atoms with van der Waals surface area (Å²) in [5, 5.41) is 2.75. The minimum atomic E-state index is -0.262. The first-order chi connectivity index (χ1) is 12.9. The molecule has 0 unspecified atom stereocenters. The van der Waals surface area contributed by atoms with E-state index in [1.807, 2.05) is 43.3 Å². The number of carbonyl (C=O) groups is 1. The molecule has 0 bridgehead atoms. The number of pyridine rings is 1. The number of aromatic nitrogens is 1. The van der Waals surface area contributed by atoms with Crippen molar-refractivity contribution in [2.75, 3.05) is 5.32 Å². The van der Waals surface area contributed by atoms with Crippen LogP contribution in [0, 0.1) is 12.8 Å². The number of amides is 1. The van der Waals surface area contributed by atoms with Crippen LogP contribution in [0.25, 0.3) is 11.3 Å². The van der Waals surface area contributed by atoms with Crippen LogP contribution in [0.1, 0.15) is 18.4 Å². The van der Waals surface area contributed by atoms with Gasteiger partial charge in [0.25, 0.3) is 0 Å². The quantitative estimate of drug-likeness (QED) is 0.416. The molecule has 6 heteroatoms.